The normalized spacial score (nSPS) is 10.2. The van der Waals surface area contributed by atoms with Gasteiger partial charge >= 0.3 is 5.97 Å². The van der Waals surface area contributed by atoms with Crippen molar-refractivity contribution in [2.75, 3.05) is 7.11 Å². The molecule has 0 radical (unpaired) electrons. The van der Waals surface area contributed by atoms with E-state index in [9.17, 15) is 9.59 Å². The molecule has 2 rings (SSSR count). The molecular formula is C13H12N2O3S. The second-order valence-corrected chi connectivity index (χ2v) is 4.79. The van der Waals surface area contributed by atoms with E-state index in [-0.39, 0.29) is 18.6 Å². The first-order valence-electron chi connectivity index (χ1n) is 5.63. The van der Waals surface area contributed by atoms with Crippen LogP contribution in [0.1, 0.15) is 20.9 Å². The minimum Gasteiger partial charge on any atom is -0.465 e. The van der Waals surface area contributed by atoms with E-state index in [4.69, 9.17) is 4.74 Å². The van der Waals surface area contributed by atoms with Gasteiger partial charge in [-0.25, -0.2) is 4.79 Å². The number of carbonyl (C=O) groups is 2. The molecule has 6 heteroatoms. The lowest BCUT2D eigenvalue weighted by atomic mass is 10.0. The molecule has 0 spiro atoms. The molecule has 0 unspecified atom stereocenters. The average Bonchev–Trinajstić information content (AvgIpc) is 2.91. The summed E-state index contributed by atoms with van der Waals surface area (Å²) < 4.78 is 4.69. The molecule has 0 fully saturated rings. The van der Waals surface area contributed by atoms with E-state index < -0.39 is 5.97 Å². The van der Waals surface area contributed by atoms with Gasteiger partial charge in [-0.1, -0.05) is 18.2 Å². The second-order valence-electron chi connectivity index (χ2n) is 3.87. The number of esters is 1. The van der Waals surface area contributed by atoms with Crippen molar-refractivity contribution in [3.05, 3.63) is 45.9 Å². The molecular weight excluding hydrogens is 264 g/mol. The third-order valence-electron chi connectivity index (χ3n) is 2.56. The van der Waals surface area contributed by atoms with Crippen LogP contribution in [-0.4, -0.2) is 29.1 Å². The summed E-state index contributed by atoms with van der Waals surface area (Å²) in [5.74, 6) is -0.438. The van der Waals surface area contributed by atoms with Crippen molar-refractivity contribution in [3.63, 3.8) is 0 Å². The number of nitrogens with zero attached hydrogens (tertiary/aromatic N) is 2. The molecule has 1 aromatic heterocycles. The summed E-state index contributed by atoms with van der Waals surface area (Å²) in [5, 5.41) is 8.19. The maximum Gasteiger partial charge on any atom is 0.338 e. The number of hydrogen-bond acceptors (Lipinski definition) is 6. The highest BCUT2D eigenvalue weighted by molar-refractivity contribution is 7.09. The monoisotopic (exact) mass is 276 g/mol. The molecule has 0 saturated carbocycles. The molecule has 1 heterocycles. The molecule has 0 aliphatic carbocycles. The summed E-state index contributed by atoms with van der Waals surface area (Å²) in [6.45, 7) is 0. The van der Waals surface area contributed by atoms with Gasteiger partial charge in [0.05, 0.1) is 19.1 Å². The fourth-order valence-electron chi connectivity index (χ4n) is 1.70. The van der Waals surface area contributed by atoms with Gasteiger partial charge in [0.2, 0.25) is 0 Å². The van der Waals surface area contributed by atoms with E-state index in [1.54, 1.807) is 29.8 Å². The SMILES string of the molecule is COC(=O)c1ccccc1CC(=O)Cc1nncs1. The molecule has 2 aromatic rings. The van der Waals surface area contributed by atoms with E-state index in [1.807, 2.05) is 0 Å². The van der Waals surface area contributed by atoms with Gasteiger partial charge in [0.15, 0.2) is 0 Å². The van der Waals surface area contributed by atoms with E-state index in [0.29, 0.717) is 16.1 Å². The molecule has 1 aromatic carbocycles. The van der Waals surface area contributed by atoms with E-state index in [1.165, 1.54) is 18.4 Å². The van der Waals surface area contributed by atoms with Crippen LogP contribution in [0.2, 0.25) is 0 Å². The van der Waals surface area contributed by atoms with Crippen molar-refractivity contribution in [2.24, 2.45) is 0 Å². The summed E-state index contributed by atoms with van der Waals surface area (Å²) >= 11 is 1.34. The summed E-state index contributed by atoms with van der Waals surface area (Å²) in [5.41, 5.74) is 2.69. The topological polar surface area (TPSA) is 69.2 Å². The predicted molar refractivity (Wildman–Crippen MR) is 70.1 cm³/mol. The van der Waals surface area contributed by atoms with E-state index in [2.05, 4.69) is 10.2 Å². The van der Waals surface area contributed by atoms with Gasteiger partial charge in [-0.3, -0.25) is 4.79 Å². The Bertz CT molecular complexity index is 581. The Morgan fingerprint density at radius 1 is 1.26 bits per heavy atom. The number of rotatable bonds is 5. The highest BCUT2D eigenvalue weighted by atomic mass is 32.1. The van der Waals surface area contributed by atoms with Crippen molar-refractivity contribution >= 4 is 23.1 Å². The molecule has 0 saturated heterocycles. The number of benzene rings is 1. The lowest BCUT2D eigenvalue weighted by molar-refractivity contribution is -0.117. The molecule has 0 amide bonds. The highest BCUT2D eigenvalue weighted by Gasteiger charge is 2.14. The number of ketones is 1. The van der Waals surface area contributed by atoms with Crippen LogP contribution >= 0.6 is 11.3 Å². The number of hydrogen-bond donors (Lipinski definition) is 0. The smallest absolute Gasteiger partial charge is 0.338 e. The number of methoxy groups -OCH3 is 1. The van der Waals surface area contributed by atoms with Gasteiger partial charge in [0.1, 0.15) is 16.3 Å². The minimum atomic E-state index is -0.431. The molecule has 98 valence electrons. The van der Waals surface area contributed by atoms with Crippen molar-refractivity contribution in [3.8, 4) is 0 Å². The summed E-state index contributed by atoms with van der Waals surface area (Å²) in [4.78, 5) is 23.5. The Morgan fingerprint density at radius 3 is 2.74 bits per heavy atom. The number of Topliss-reactive ketones (excluding diaryl/α,β-unsaturated/α-hetero) is 1. The molecule has 19 heavy (non-hydrogen) atoms. The van der Waals surface area contributed by atoms with Gasteiger partial charge in [-0.05, 0) is 11.6 Å². The summed E-state index contributed by atoms with van der Waals surface area (Å²) in [6, 6.07) is 6.94. The van der Waals surface area contributed by atoms with Crippen LogP contribution in [-0.2, 0) is 22.4 Å². The summed E-state index contributed by atoms with van der Waals surface area (Å²) in [6.07, 6.45) is 0.422. The maximum atomic E-state index is 11.9. The molecule has 0 aliphatic heterocycles. The van der Waals surface area contributed by atoms with Gasteiger partial charge in [-0.2, -0.15) is 0 Å². The highest BCUT2D eigenvalue weighted by Crippen LogP contribution is 2.13. The van der Waals surface area contributed by atoms with Crippen LogP contribution < -0.4 is 0 Å². The lowest BCUT2D eigenvalue weighted by Gasteiger charge is -2.06. The van der Waals surface area contributed by atoms with Crippen LogP contribution in [0.3, 0.4) is 0 Å². The van der Waals surface area contributed by atoms with Crippen molar-refractivity contribution in [2.45, 2.75) is 12.8 Å². The minimum absolute atomic E-state index is 0.00639. The first kappa shape index (κ1) is 13.4. The van der Waals surface area contributed by atoms with Crippen LogP contribution in [0.5, 0.6) is 0 Å². The zero-order valence-corrected chi connectivity index (χ0v) is 11.1. The Balaban J connectivity index is 2.10. The third-order valence-corrected chi connectivity index (χ3v) is 3.26. The van der Waals surface area contributed by atoms with Crippen molar-refractivity contribution in [1.82, 2.24) is 10.2 Å². The number of carbonyl (C=O) groups excluding carboxylic acids is 2. The Labute approximate surface area is 114 Å². The Hall–Kier alpha value is -2.08. The Morgan fingerprint density at radius 2 is 2.05 bits per heavy atom. The van der Waals surface area contributed by atoms with E-state index in [0.717, 1.165) is 0 Å². The fourth-order valence-corrected chi connectivity index (χ4v) is 2.25. The van der Waals surface area contributed by atoms with Gasteiger partial charge in [0, 0.05) is 6.42 Å². The largest absolute Gasteiger partial charge is 0.465 e. The first-order chi connectivity index (χ1) is 9.20. The van der Waals surface area contributed by atoms with Crippen LogP contribution in [0.4, 0.5) is 0 Å². The molecule has 5 nitrogen and oxygen atoms in total. The number of aromatic nitrogens is 2. The Kier molecular flexibility index (Phi) is 4.35. The van der Waals surface area contributed by atoms with Gasteiger partial charge < -0.3 is 4.74 Å². The molecule has 0 atom stereocenters. The molecule has 0 bridgehead atoms. The zero-order chi connectivity index (χ0) is 13.7. The van der Waals surface area contributed by atoms with Crippen molar-refractivity contribution in [1.29, 1.82) is 0 Å². The standard InChI is InChI=1S/C13H12N2O3S/c1-18-13(17)11-5-3-2-4-9(11)6-10(16)7-12-15-14-8-19-12/h2-5,8H,6-7H2,1H3. The molecule has 0 aliphatic rings. The van der Waals surface area contributed by atoms with Gasteiger partial charge in [0.25, 0.3) is 0 Å². The average molecular weight is 276 g/mol. The zero-order valence-electron chi connectivity index (χ0n) is 10.3. The van der Waals surface area contributed by atoms with E-state index >= 15 is 0 Å². The van der Waals surface area contributed by atoms with Crippen molar-refractivity contribution < 1.29 is 14.3 Å². The fraction of sp³-hybridized carbons (Fsp3) is 0.231. The van der Waals surface area contributed by atoms with Gasteiger partial charge in [-0.15, -0.1) is 21.5 Å². The van der Waals surface area contributed by atoms with Crippen LogP contribution in [0, 0.1) is 0 Å². The number of ether oxygens (including phenoxy) is 1. The lowest BCUT2D eigenvalue weighted by Crippen LogP contribution is -2.11. The quantitative estimate of drug-likeness (QED) is 0.777. The summed E-state index contributed by atoms with van der Waals surface area (Å²) in [7, 11) is 1.32. The first-order valence-corrected chi connectivity index (χ1v) is 6.51. The second kappa shape index (κ2) is 6.19. The van der Waals surface area contributed by atoms with Crippen LogP contribution in [0.25, 0.3) is 0 Å². The van der Waals surface area contributed by atoms with Crippen LogP contribution in [0.15, 0.2) is 29.8 Å². The maximum absolute atomic E-state index is 11.9. The third kappa shape index (κ3) is 3.45. The molecule has 0 N–H and O–H groups in total. The predicted octanol–water partition coefficient (Wildman–Crippen LogP) is 1.68.